The third kappa shape index (κ3) is 4.65. The van der Waals surface area contributed by atoms with Gasteiger partial charge in [0.05, 0.1) is 11.1 Å². The van der Waals surface area contributed by atoms with Gasteiger partial charge in [0.25, 0.3) is 0 Å². The molecular formula is C12H16BrFO. The fourth-order valence-corrected chi connectivity index (χ4v) is 1.64. The van der Waals surface area contributed by atoms with Gasteiger partial charge < -0.3 is 4.74 Å². The van der Waals surface area contributed by atoms with Gasteiger partial charge in [0.15, 0.2) is 0 Å². The van der Waals surface area contributed by atoms with Gasteiger partial charge in [-0.3, -0.25) is 0 Å². The van der Waals surface area contributed by atoms with Crippen molar-refractivity contribution in [2.24, 2.45) is 0 Å². The Hall–Kier alpha value is -0.570. The number of halogens is 2. The number of unbranched alkanes of at least 4 members (excludes halogenated alkanes) is 3. The summed E-state index contributed by atoms with van der Waals surface area (Å²) in [6.45, 7) is 2.88. The predicted molar refractivity (Wildman–Crippen MR) is 63.7 cm³/mol. The van der Waals surface area contributed by atoms with Crippen LogP contribution in [-0.4, -0.2) is 6.61 Å². The molecule has 0 aliphatic rings. The van der Waals surface area contributed by atoms with E-state index in [9.17, 15) is 4.39 Å². The van der Waals surface area contributed by atoms with Gasteiger partial charge in [0.1, 0.15) is 11.6 Å². The summed E-state index contributed by atoms with van der Waals surface area (Å²) in [5, 5.41) is 0. The van der Waals surface area contributed by atoms with E-state index in [-0.39, 0.29) is 5.82 Å². The number of ether oxygens (including phenoxy) is 1. The minimum absolute atomic E-state index is 0.256. The highest BCUT2D eigenvalue weighted by Crippen LogP contribution is 2.21. The number of hydrogen-bond acceptors (Lipinski definition) is 1. The van der Waals surface area contributed by atoms with Gasteiger partial charge in [-0.2, -0.15) is 0 Å². The van der Waals surface area contributed by atoms with Crippen molar-refractivity contribution < 1.29 is 9.13 Å². The molecule has 0 unspecified atom stereocenters. The van der Waals surface area contributed by atoms with E-state index in [4.69, 9.17) is 4.74 Å². The van der Waals surface area contributed by atoms with E-state index in [1.54, 1.807) is 12.1 Å². The lowest BCUT2D eigenvalue weighted by Gasteiger charge is -2.06. The van der Waals surface area contributed by atoms with Gasteiger partial charge in [-0.1, -0.05) is 26.2 Å². The Kier molecular flexibility index (Phi) is 5.69. The van der Waals surface area contributed by atoms with Gasteiger partial charge in [0.2, 0.25) is 0 Å². The monoisotopic (exact) mass is 274 g/mol. The average Bonchev–Trinajstić information content (AvgIpc) is 2.23. The normalized spacial score (nSPS) is 10.3. The molecule has 0 spiro atoms. The molecule has 0 heterocycles. The lowest BCUT2D eigenvalue weighted by molar-refractivity contribution is 0.304. The van der Waals surface area contributed by atoms with Gasteiger partial charge in [-0.25, -0.2) is 4.39 Å². The molecule has 0 saturated carbocycles. The van der Waals surface area contributed by atoms with E-state index in [0.717, 1.165) is 12.2 Å². The van der Waals surface area contributed by atoms with Gasteiger partial charge in [0, 0.05) is 0 Å². The molecular weight excluding hydrogens is 259 g/mol. The summed E-state index contributed by atoms with van der Waals surface area (Å²) in [6, 6.07) is 4.72. The molecule has 1 aromatic rings. The first-order valence-electron chi connectivity index (χ1n) is 5.32. The van der Waals surface area contributed by atoms with Crippen molar-refractivity contribution in [2.45, 2.75) is 32.6 Å². The zero-order chi connectivity index (χ0) is 11.1. The molecule has 84 valence electrons. The molecule has 0 fully saturated rings. The molecule has 0 aromatic heterocycles. The molecule has 0 saturated heterocycles. The van der Waals surface area contributed by atoms with E-state index in [2.05, 4.69) is 22.9 Å². The Labute approximate surface area is 98.8 Å². The van der Waals surface area contributed by atoms with Gasteiger partial charge in [-0.05, 0) is 40.5 Å². The third-order valence-electron chi connectivity index (χ3n) is 2.16. The van der Waals surface area contributed by atoms with Crippen LogP contribution >= 0.6 is 15.9 Å². The Bertz CT molecular complexity index is 302. The van der Waals surface area contributed by atoms with Crippen LogP contribution in [0, 0.1) is 5.82 Å². The minimum Gasteiger partial charge on any atom is -0.494 e. The van der Waals surface area contributed by atoms with E-state index in [1.165, 1.54) is 25.3 Å². The highest BCUT2D eigenvalue weighted by Gasteiger charge is 2.00. The largest absolute Gasteiger partial charge is 0.494 e. The smallest absolute Gasteiger partial charge is 0.137 e. The van der Waals surface area contributed by atoms with Gasteiger partial charge >= 0.3 is 0 Å². The third-order valence-corrected chi connectivity index (χ3v) is 2.77. The second-order valence-electron chi connectivity index (χ2n) is 3.49. The fraction of sp³-hybridized carbons (Fsp3) is 0.500. The van der Waals surface area contributed by atoms with Crippen LogP contribution in [0.1, 0.15) is 32.6 Å². The minimum atomic E-state index is -0.256. The van der Waals surface area contributed by atoms with Crippen LogP contribution in [0.4, 0.5) is 4.39 Å². The molecule has 0 aliphatic carbocycles. The van der Waals surface area contributed by atoms with E-state index >= 15 is 0 Å². The molecule has 1 nitrogen and oxygen atoms in total. The molecule has 0 radical (unpaired) electrons. The summed E-state index contributed by atoms with van der Waals surface area (Å²) >= 11 is 3.12. The first kappa shape index (κ1) is 12.5. The standard InChI is InChI=1S/C12H16BrFO/c1-2-3-4-5-8-15-10-6-7-12(14)11(13)9-10/h6-7,9H,2-5,8H2,1H3. The van der Waals surface area contributed by atoms with Crippen molar-refractivity contribution in [1.29, 1.82) is 0 Å². The second-order valence-corrected chi connectivity index (χ2v) is 4.34. The second kappa shape index (κ2) is 6.83. The number of rotatable bonds is 6. The van der Waals surface area contributed by atoms with Crippen molar-refractivity contribution in [3.05, 3.63) is 28.5 Å². The van der Waals surface area contributed by atoms with E-state index < -0.39 is 0 Å². The highest BCUT2D eigenvalue weighted by molar-refractivity contribution is 9.10. The van der Waals surface area contributed by atoms with Gasteiger partial charge in [-0.15, -0.1) is 0 Å². The topological polar surface area (TPSA) is 9.23 Å². The van der Waals surface area contributed by atoms with Crippen molar-refractivity contribution >= 4 is 15.9 Å². The molecule has 0 aliphatic heterocycles. The maximum absolute atomic E-state index is 12.9. The Balaban J connectivity index is 2.28. The van der Waals surface area contributed by atoms with Crippen LogP contribution in [0.5, 0.6) is 5.75 Å². The summed E-state index contributed by atoms with van der Waals surface area (Å²) in [7, 11) is 0. The fourth-order valence-electron chi connectivity index (χ4n) is 1.29. The molecule has 0 N–H and O–H groups in total. The summed E-state index contributed by atoms with van der Waals surface area (Å²) in [6.07, 6.45) is 4.72. The first-order valence-corrected chi connectivity index (χ1v) is 6.11. The zero-order valence-electron chi connectivity index (χ0n) is 8.93. The molecule has 0 amide bonds. The lowest BCUT2D eigenvalue weighted by atomic mass is 10.2. The van der Waals surface area contributed by atoms with Crippen LogP contribution < -0.4 is 4.74 Å². The highest BCUT2D eigenvalue weighted by atomic mass is 79.9. The molecule has 0 bridgehead atoms. The number of hydrogen-bond donors (Lipinski definition) is 0. The molecule has 0 atom stereocenters. The molecule has 15 heavy (non-hydrogen) atoms. The Morgan fingerprint density at radius 1 is 1.27 bits per heavy atom. The first-order chi connectivity index (χ1) is 7.24. The molecule has 3 heteroatoms. The predicted octanol–water partition coefficient (Wildman–Crippen LogP) is 4.55. The SMILES string of the molecule is CCCCCCOc1ccc(F)c(Br)c1. The van der Waals surface area contributed by atoms with Crippen molar-refractivity contribution in [2.75, 3.05) is 6.61 Å². The molecule has 1 rings (SSSR count). The van der Waals surface area contributed by atoms with Crippen molar-refractivity contribution in [3.8, 4) is 5.75 Å². The number of benzene rings is 1. The summed E-state index contributed by atoms with van der Waals surface area (Å²) in [5.41, 5.74) is 0. The van der Waals surface area contributed by atoms with Crippen molar-refractivity contribution in [3.63, 3.8) is 0 Å². The van der Waals surface area contributed by atoms with Crippen LogP contribution in [0.15, 0.2) is 22.7 Å². The summed E-state index contributed by atoms with van der Waals surface area (Å²) in [4.78, 5) is 0. The van der Waals surface area contributed by atoms with Crippen LogP contribution in [0.25, 0.3) is 0 Å². The Morgan fingerprint density at radius 3 is 2.73 bits per heavy atom. The quantitative estimate of drug-likeness (QED) is 0.692. The van der Waals surface area contributed by atoms with E-state index in [0.29, 0.717) is 11.1 Å². The van der Waals surface area contributed by atoms with Crippen molar-refractivity contribution in [1.82, 2.24) is 0 Å². The van der Waals surface area contributed by atoms with Crippen LogP contribution in [0.3, 0.4) is 0 Å². The maximum atomic E-state index is 12.9. The van der Waals surface area contributed by atoms with Crippen LogP contribution in [0.2, 0.25) is 0 Å². The molecule has 1 aromatic carbocycles. The maximum Gasteiger partial charge on any atom is 0.137 e. The Morgan fingerprint density at radius 2 is 2.07 bits per heavy atom. The zero-order valence-corrected chi connectivity index (χ0v) is 10.5. The van der Waals surface area contributed by atoms with E-state index in [1.807, 2.05) is 0 Å². The summed E-state index contributed by atoms with van der Waals surface area (Å²) < 4.78 is 18.8. The average molecular weight is 275 g/mol. The summed E-state index contributed by atoms with van der Waals surface area (Å²) in [5.74, 6) is 0.466. The van der Waals surface area contributed by atoms with Crippen LogP contribution in [-0.2, 0) is 0 Å². The lowest BCUT2D eigenvalue weighted by Crippen LogP contribution is -1.97.